The number of halogens is 1. The first kappa shape index (κ1) is 24.5. The van der Waals surface area contributed by atoms with Crippen LogP contribution in [0.2, 0.25) is 5.02 Å². The van der Waals surface area contributed by atoms with Gasteiger partial charge in [-0.15, -0.1) is 0 Å². The van der Waals surface area contributed by atoms with E-state index < -0.39 is 18.5 Å². The second-order valence-corrected chi connectivity index (χ2v) is 8.51. The molecule has 0 bridgehead atoms. The van der Waals surface area contributed by atoms with Gasteiger partial charge >= 0.3 is 5.97 Å². The summed E-state index contributed by atoms with van der Waals surface area (Å²) in [5.41, 5.74) is 5.32. The lowest BCUT2D eigenvalue weighted by molar-refractivity contribution is -0.136. The largest absolute Gasteiger partial charge is 0.481 e. The van der Waals surface area contributed by atoms with Crippen molar-refractivity contribution in [3.05, 3.63) is 94.7 Å². The number of benzene rings is 3. The molecule has 3 aromatic carbocycles. The third kappa shape index (κ3) is 5.89. The summed E-state index contributed by atoms with van der Waals surface area (Å²) in [5.74, 6) is -0.352. The Bertz CT molecular complexity index is 1300. The Labute approximate surface area is 207 Å². The molecular weight excluding hydrogens is 468 g/mol. The van der Waals surface area contributed by atoms with Gasteiger partial charge in [0.2, 0.25) is 6.41 Å². The minimum absolute atomic E-state index is 0.00671. The molecule has 3 N–H and O–H groups in total. The lowest BCUT2D eigenvalue weighted by atomic mass is 10.0. The average molecular weight is 493 g/mol. The smallest absolute Gasteiger partial charge is 0.307 e. The molecule has 7 nitrogen and oxygen atoms in total. The molecule has 0 saturated heterocycles. The van der Waals surface area contributed by atoms with Crippen LogP contribution in [-0.2, 0) is 16.0 Å². The maximum Gasteiger partial charge on any atom is 0.307 e. The average Bonchev–Trinajstić information content (AvgIpc) is 3.19. The monoisotopic (exact) mass is 492 g/mol. The van der Waals surface area contributed by atoms with E-state index in [-0.39, 0.29) is 6.42 Å². The molecule has 0 aliphatic heterocycles. The molecule has 0 saturated carbocycles. The SMILES string of the molecule is Cc1onc(-c2ccc(-c3ccc(CC(=O)O)cc3)cc2)c1NC(O)OC(C)c1ccccc1Cl. The van der Waals surface area contributed by atoms with E-state index in [4.69, 9.17) is 26.0 Å². The maximum atomic E-state index is 10.9. The Morgan fingerprint density at radius 1 is 1.03 bits per heavy atom. The number of aryl methyl sites for hydroxylation is 1. The summed E-state index contributed by atoms with van der Waals surface area (Å²) >= 11 is 6.23. The first-order chi connectivity index (χ1) is 16.8. The number of carbonyl (C=O) groups is 1. The number of nitrogens with zero attached hydrogens (tertiary/aromatic N) is 1. The van der Waals surface area contributed by atoms with Crippen molar-refractivity contribution >= 4 is 23.3 Å². The lowest BCUT2D eigenvalue weighted by Gasteiger charge is -2.20. The summed E-state index contributed by atoms with van der Waals surface area (Å²) in [6, 6.07) is 22.4. The highest BCUT2D eigenvalue weighted by atomic mass is 35.5. The molecule has 0 radical (unpaired) electrons. The molecule has 4 aromatic rings. The topological polar surface area (TPSA) is 105 Å². The number of carboxylic acids is 1. The van der Waals surface area contributed by atoms with Crippen molar-refractivity contribution in [3.63, 3.8) is 0 Å². The molecule has 1 aromatic heterocycles. The van der Waals surface area contributed by atoms with Gasteiger partial charge in [0.05, 0.1) is 12.5 Å². The number of aromatic nitrogens is 1. The third-order valence-corrected chi connectivity index (χ3v) is 5.95. The quantitative estimate of drug-likeness (QED) is 0.244. The molecule has 2 unspecified atom stereocenters. The number of carboxylic acid groups (broad SMARTS) is 1. The summed E-state index contributed by atoms with van der Waals surface area (Å²) in [7, 11) is 0. The zero-order valence-electron chi connectivity index (χ0n) is 19.2. The Hall–Kier alpha value is -3.65. The van der Waals surface area contributed by atoms with Crippen molar-refractivity contribution in [2.75, 3.05) is 5.32 Å². The van der Waals surface area contributed by atoms with Gasteiger partial charge in [-0.1, -0.05) is 83.5 Å². The number of anilines is 1. The van der Waals surface area contributed by atoms with E-state index in [0.717, 1.165) is 27.8 Å². The molecular formula is C27H25ClN2O5. The van der Waals surface area contributed by atoms with Crippen LogP contribution < -0.4 is 5.32 Å². The van der Waals surface area contributed by atoms with Crippen LogP contribution in [0, 0.1) is 6.92 Å². The summed E-state index contributed by atoms with van der Waals surface area (Å²) in [4.78, 5) is 10.9. The zero-order valence-corrected chi connectivity index (χ0v) is 20.0. The minimum Gasteiger partial charge on any atom is -0.481 e. The van der Waals surface area contributed by atoms with Gasteiger partial charge in [-0.25, -0.2) is 0 Å². The number of aliphatic hydroxyl groups is 1. The molecule has 4 rings (SSSR count). The number of rotatable bonds is 9. The fraction of sp³-hybridized carbons (Fsp3) is 0.185. The van der Waals surface area contributed by atoms with Crippen molar-refractivity contribution in [2.24, 2.45) is 0 Å². The van der Waals surface area contributed by atoms with E-state index in [1.54, 1.807) is 19.9 Å². The molecule has 1 heterocycles. The molecule has 0 amide bonds. The van der Waals surface area contributed by atoms with E-state index in [1.807, 2.05) is 66.7 Å². The minimum atomic E-state index is -1.32. The van der Waals surface area contributed by atoms with Crippen LogP contribution in [0.25, 0.3) is 22.4 Å². The predicted octanol–water partition coefficient (Wildman–Crippen LogP) is 6.06. The molecule has 2 atom stereocenters. The van der Waals surface area contributed by atoms with Crippen LogP contribution >= 0.6 is 11.6 Å². The molecule has 0 aliphatic carbocycles. The van der Waals surface area contributed by atoms with Crippen molar-refractivity contribution in [2.45, 2.75) is 32.8 Å². The van der Waals surface area contributed by atoms with Crippen LogP contribution in [0.15, 0.2) is 77.3 Å². The van der Waals surface area contributed by atoms with E-state index in [2.05, 4.69) is 10.5 Å². The van der Waals surface area contributed by atoms with Gasteiger partial charge in [0.15, 0.2) is 5.76 Å². The van der Waals surface area contributed by atoms with Crippen molar-refractivity contribution < 1.29 is 24.3 Å². The second-order valence-electron chi connectivity index (χ2n) is 8.10. The number of ether oxygens (including phenoxy) is 1. The molecule has 180 valence electrons. The molecule has 35 heavy (non-hydrogen) atoms. The van der Waals surface area contributed by atoms with E-state index in [1.165, 1.54) is 0 Å². The Morgan fingerprint density at radius 3 is 2.26 bits per heavy atom. The highest BCUT2D eigenvalue weighted by Crippen LogP contribution is 2.33. The molecule has 8 heteroatoms. The van der Waals surface area contributed by atoms with Crippen LogP contribution in [0.4, 0.5) is 5.69 Å². The van der Waals surface area contributed by atoms with Gasteiger partial charge in [-0.2, -0.15) is 0 Å². The maximum absolute atomic E-state index is 10.9. The van der Waals surface area contributed by atoms with Gasteiger partial charge in [-0.05, 0) is 42.2 Å². The summed E-state index contributed by atoms with van der Waals surface area (Å²) in [6.07, 6.45) is -1.77. The van der Waals surface area contributed by atoms with E-state index in [9.17, 15) is 9.90 Å². The number of hydrogen-bond acceptors (Lipinski definition) is 6. The van der Waals surface area contributed by atoms with Crippen molar-refractivity contribution in [3.8, 4) is 22.4 Å². The highest BCUT2D eigenvalue weighted by Gasteiger charge is 2.20. The normalized spacial score (nSPS) is 12.8. The fourth-order valence-corrected chi connectivity index (χ4v) is 4.07. The molecule has 0 spiro atoms. The Balaban J connectivity index is 1.48. The van der Waals surface area contributed by atoms with Gasteiger partial charge in [-0.3, -0.25) is 4.79 Å². The predicted molar refractivity (Wildman–Crippen MR) is 134 cm³/mol. The van der Waals surface area contributed by atoms with Gasteiger partial charge in [0.25, 0.3) is 0 Å². The van der Waals surface area contributed by atoms with Crippen LogP contribution in [0.3, 0.4) is 0 Å². The zero-order chi connectivity index (χ0) is 24.9. The Morgan fingerprint density at radius 2 is 1.63 bits per heavy atom. The second kappa shape index (κ2) is 10.7. The van der Waals surface area contributed by atoms with E-state index in [0.29, 0.717) is 22.2 Å². The first-order valence-corrected chi connectivity index (χ1v) is 11.4. The van der Waals surface area contributed by atoms with Crippen molar-refractivity contribution in [1.29, 1.82) is 0 Å². The van der Waals surface area contributed by atoms with E-state index >= 15 is 0 Å². The first-order valence-electron chi connectivity index (χ1n) is 11.0. The Kier molecular flexibility index (Phi) is 7.51. The number of hydrogen-bond donors (Lipinski definition) is 3. The summed E-state index contributed by atoms with van der Waals surface area (Å²) in [5, 5.41) is 27.1. The van der Waals surface area contributed by atoms with Crippen LogP contribution in [0.1, 0.15) is 29.9 Å². The van der Waals surface area contributed by atoms with Crippen LogP contribution in [-0.4, -0.2) is 27.8 Å². The fourth-order valence-electron chi connectivity index (χ4n) is 3.78. The number of aliphatic hydroxyl groups excluding tert-OH is 1. The van der Waals surface area contributed by atoms with Crippen molar-refractivity contribution in [1.82, 2.24) is 5.16 Å². The lowest BCUT2D eigenvalue weighted by Crippen LogP contribution is -2.24. The third-order valence-electron chi connectivity index (χ3n) is 5.61. The van der Waals surface area contributed by atoms with Gasteiger partial charge in [0.1, 0.15) is 11.4 Å². The van der Waals surface area contributed by atoms with Gasteiger partial charge in [0, 0.05) is 10.6 Å². The molecule has 0 fully saturated rings. The van der Waals surface area contributed by atoms with Crippen LogP contribution in [0.5, 0.6) is 0 Å². The summed E-state index contributed by atoms with van der Waals surface area (Å²) < 4.78 is 11.1. The summed E-state index contributed by atoms with van der Waals surface area (Å²) in [6.45, 7) is 3.55. The highest BCUT2D eigenvalue weighted by molar-refractivity contribution is 6.31. The number of nitrogens with one attached hydrogen (secondary N) is 1. The van der Waals surface area contributed by atoms with Gasteiger partial charge < -0.3 is 24.8 Å². The number of aliphatic carboxylic acids is 1. The standard InChI is InChI=1S/C27H25ClN2O5/c1-16(22-5-3-4-6-23(22)28)34-27(33)29-25-17(2)35-30-26(25)21-13-11-20(12-14-21)19-9-7-18(8-10-19)15-24(31)32/h3-14,16,27,29,33H,15H2,1-2H3,(H,31,32). The molecule has 0 aliphatic rings.